The minimum Gasteiger partial charge on any atom is -0.446 e. The van der Waals surface area contributed by atoms with Crippen molar-refractivity contribution in [2.24, 2.45) is 0 Å². The summed E-state index contributed by atoms with van der Waals surface area (Å²) in [6, 6.07) is 0.198. The number of nitrogens with zero attached hydrogens (tertiary/aromatic N) is 2. The van der Waals surface area contributed by atoms with E-state index in [9.17, 15) is 9.59 Å². The highest BCUT2D eigenvalue weighted by atomic mass is 16.3. The number of hydrogen-bond donors (Lipinski definition) is 1. The maximum absolute atomic E-state index is 12.4. The predicted octanol–water partition coefficient (Wildman–Crippen LogP) is 3.52. The second kappa shape index (κ2) is 10.1. The van der Waals surface area contributed by atoms with Crippen molar-refractivity contribution in [3.8, 4) is 0 Å². The molecule has 2 atom stereocenters. The van der Waals surface area contributed by atoms with Gasteiger partial charge in [-0.25, -0.2) is 4.98 Å². The second-order valence-corrected chi connectivity index (χ2v) is 6.29. The maximum Gasteiger partial charge on any atom is 0.273 e. The molecule has 0 radical (unpaired) electrons. The van der Waals surface area contributed by atoms with Gasteiger partial charge in [-0.15, -0.1) is 0 Å². The molecule has 0 aromatic carbocycles. The lowest BCUT2D eigenvalue weighted by molar-refractivity contribution is -0.134. The molecule has 1 aromatic rings. The van der Waals surface area contributed by atoms with Gasteiger partial charge in [0.2, 0.25) is 11.8 Å². The molecular weight excluding hydrogens is 306 g/mol. The van der Waals surface area contributed by atoms with Gasteiger partial charge in [0.25, 0.3) is 5.91 Å². The van der Waals surface area contributed by atoms with Gasteiger partial charge in [-0.1, -0.05) is 27.2 Å². The Bertz CT molecular complexity index is 527. The van der Waals surface area contributed by atoms with Gasteiger partial charge in [0.15, 0.2) is 5.69 Å². The number of nitrogens with one attached hydrogen (secondary N) is 1. The number of rotatable bonds is 10. The Labute approximate surface area is 145 Å². The van der Waals surface area contributed by atoms with E-state index < -0.39 is 0 Å². The third-order valence-corrected chi connectivity index (χ3v) is 4.27. The maximum atomic E-state index is 12.4. The summed E-state index contributed by atoms with van der Waals surface area (Å²) in [4.78, 5) is 30.5. The Morgan fingerprint density at radius 3 is 2.54 bits per heavy atom. The van der Waals surface area contributed by atoms with Gasteiger partial charge >= 0.3 is 0 Å². The summed E-state index contributed by atoms with van der Waals surface area (Å²) in [7, 11) is 0. The van der Waals surface area contributed by atoms with Crippen LogP contribution < -0.4 is 5.32 Å². The van der Waals surface area contributed by atoms with Crippen molar-refractivity contribution in [3.63, 3.8) is 0 Å². The van der Waals surface area contributed by atoms with Crippen molar-refractivity contribution in [1.29, 1.82) is 0 Å². The summed E-state index contributed by atoms with van der Waals surface area (Å²) >= 11 is 0. The number of carbonyl (C=O) groups is 2. The lowest BCUT2D eigenvalue weighted by Crippen LogP contribution is -2.37. The van der Waals surface area contributed by atoms with Crippen LogP contribution >= 0.6 is 0 Å². The van der Waals surface area contributed by atoms with Crippen LogP contribution in [-0.2, 0) is 11.3 Å². The highest BCUT2D eigenvalue weighted by molar-refractivity contribution is 5.92. The van der Waals surface area contributed by atoms with E-state index in [2.05, 4.69) is 17.2 Å². The largest absolute Gasteiger partial charge is 0.446 e. The Morgan fingerprint density at radius 2 is 1.96 bits per heavy atom. The highest BCUT2D eigenvalue weighted by Gasteiger charge is 2.22. The molecule has 2 unspecified atom stereocenters. The Kier molecular flexibility index (Phi) is 8.50. The van der Waals surface area contributed by atoms with Crippen molar-refractivity contribution < 1.29 is 14.0 Å². The van der Waals surface area contributed by atoms with Crippen molar-refractivity contribution in [3.05, 3.63) is 17.8 Å². The van der Waals surface area contributed by atoms with Crippen molar-refractivity contribution in [2.45, 2.75) is 85.4 Å². The Hall–Kier alpha value is -1.85. The minimum absolute atomic E-state index is 0.0879. The summed E-state index contributed by atoms with van der Waals surface area (Å²) in [5.41, 5.74) is 0.260. The zero-order chi connectivity index (χ0) is 18.1. The summed E-state index contributed by atoms with van der Waals surface area (Å²) in [6.07, 6.45) is 5.46. The topological polar surface area (TPSA) is 75.4 Å². The first-order valence-corrected chi connectivity index (χ1v) is 8.97. The van der Waals surface area contributed by atoms with E-state index in [1.54, 1.807) is 4.90 Å². The molecule has 1 N–H and O–H groups in total. The number of oxazole rings is 1. The van der Waals surface area contributed by atoms with Crippen LogP contribution in [0.2, 0.25) is 0 Å². The Balaban J connectivity index is 2.77. The molecule has 24 heavy (non-hydrogen) atoms. The molecule has 1 rings (SSSR count). The fourth-order valence-corrected chi connectivity index (χ4v) is 2.22. The molecule has 0 aliphatic rings. The molecule has 0 saturated carbocycles. The fraction of sp³-hybridized carbons (Fsp3) is 0.722. The predicted molar refractivity (Wildman–Crippen MR) is 93.6 cm³/mol. The first kappa shape index (κ1) is 20.2. The molecule has 1 aromatic heterocycles. The zero-order valence-corrected chi connectivity index (χ0v) is 15.6. The molecule has 136 valence electrons. The summed E-state index contributed by atoms with van der Waals surface area (Å²) in [5.74, 6) is 0.260. The van der Waals surface area contributed by atoms with Gasteiger partial charge in [0.05, 0.1) is 6.54 Å². The molecule has 6 nitrogen and oxygen atoms in total. The van der Waals surface area contributed by atoms with Crippen LogP contribution in [0.3, 0.4) is 0 Å². The standard InChI is InChI=1S/C18H31N3O3/c1-6-9-10-17(22)21(14(5)8-3)11-16-20-15(12-24-16)18(23)19-13(4)7-2/h12-14H,6-11H2,1-5H3,(H,19,23). The number of carbonyl (C=O) groups excluding carboxylic acids is 2. The van der Waals surface area contributed by atoms with Gasteiger partial charge in [-0.3, -0.25) is 9.59 Å². The lowest BCUT2D eigenvalue weighted by atomic mass is 10.1. The number of amides is 2. The van der Waals surface area contributed by atoms with Gasteiger partial charge < -0.3 is 14.6 Å². The molecule has 0 fully saturated rings. The summed E-state index contributed by atoms with van der Waals surface area (Å²) < 4.78 is 5.41. The van der Waals surface area contributed by atoms with Crippen LogP contribution in [0.15, 0.2) is 10.7 Å². The molecule has 2 amide bonds. The molecule has 6 heteroatoms. The SMILES string of the molecule is CCCCC(=O)N(Cc1nc(C(=O)NC(C)CC)co1)C(C)CC. The highest BCUT2D eigenvalue weighted by Crippen LogP contribution is 2.14. The average molecular weight is 337 g/mol. The van der Waals surface area contributed by atoms with E-state index in [-0.39, 0.29) is 29.6 Å². The van der Waals surface area contributed by atoms with E-state index in [0.29, 0.717) is 18.9 Å². The van der Waals surface area contributed by atoms with Gasteiger partial charge in [-0.2, -0.15) is 0 Å². The molecular formula is C18H31N3O3. The first-order valence-electron chi connectivity index (χ1n) is 8.97. The zero-order valence-electron chi connectivity index (χ0n) is 15.6. The van der Waals surface area contributed by atoms with Crippen LogP contribution in [0, 0.1) is 0 Å². The van der Waals surface area contributed by atoms with Crippen LogP contribution in [0.1, 0.15) is 83.1 Å². The molecule has 0 aliphatic heterocycles. The van der Waals surface area contributed by atoms with Crippen LogP contribution in [0.25, 0.3) is 0 Å². The third kappa shape index (κ3) is 5.98. The lowest BCUT2D eigenvalue weighted by Gasteiger charge is -2.27. The van der Waals surface area contributed by atoms with E-state index in [1.165, 1.54) is 6.26 Å². The number of aromatic nitrogens is 1. The molecule has 0 aliphatic carbocycles. The number of hydrogen-bond acceptors (Lipinski definition) is 4. The summed E-state index contributed by atoms with van der Waals surface area (Å²) in [5, 5.41) is 2.86. The normalized spacial score (nSPS) is 13.4. The van der Waals surface area contributed by atoms with Crippen molar-refractivity contribution in [1.82, 2.24) is 15.2 Å². The second-order valence-electron chi connectivity index (χ2n) is 6.29. The third-order valence-electron chi connectivity index (χ3n) is 4.27. The van der Waals surface area contributed by atoms with Crippen molar-refractivity contribution in [2.75, 3.05) is 0 Å². The first-order chi connectivity index (χ1) is 11.4. The van der Waals surface area contributed by atoms with Gasteiger partial charge in [0.1, 0.15) is 6.26 Å². The molecule has 1 heterocycles. The molecule has 0 spiro atoms. The molecule has 0 bridgehead atoms. The van der Waals surface area contributed by atoms with E-state index in [0.717, 1.165) is 25.7 Å². The monoisotopic (exact) mass is 337 g/mol. The quantitative estimate of drug-likeness (QED) is 0.709. The minimum atomic E-state index is -0.244. The van der Waals surface area contributed by atoms with Crippen LogP contribution in [0.5, 0.6) is 0 Å². The summed E-state index contributed by atoms with van der Waals surface area (Å²) in [6.45, 7) is 10.4. The van der Waals surface area contributed by atoms with E-state index in [4.69, 9.17) is 4.42 Å². The van der Waals surface area contributed by atoms with Crippen LogP contribution in [0.4, 0.5) is 0 Å². The van der Waals surface area contributed by atoms with Gasteiger partial charge in [-0.05, 0) is 33.1 Å². The smallest absolute Gasteiger partial charge is 0.273 e. The van der Waals surface area contributed by atoms with E-state index >= 15 is 0 Å². The molecule has 0 saturated heterocycles. The Morgan fingerprint density at radius 1 is 1.25 bits per heavy atom. The van der Waals surface area contributed by atoms with Crippen LogP contribution in [-0.4, -0.2) is 33.8 Å². The van der Waals surface area contributed by atoms with Crippen molar-refractivity contribution >= 4 is 11.8 Å². The fourth-order valence-electron chi connectivity index (χ4n) is 2.22. The van der Waals surface area contributed by atoms with Gasteiger partial charge in [0, 0.05) is 18.5 Å². The number of unbranched alkanes of at least 4 members (excludes halogenated alkanes) is 1. The van der Waals surface area contributed by atoms with E-state index in [1.807, 2.05) is 27.7 Å². The average Bonchev–Trinajstić information content (AvgIpc) is 3.05.